The molecular weight excluding hydrogens is 578 g/mol. The zero-order chi connectivity index (χ0) is 32.0. The third kappa shape index (κ3) is 5.80. The van der Waals surface area contributed by atoms with Crippen molar-refractivity contribution in [3.63, 3.8) is 0 Å². The Morgan fingerprint density at radius 3 is 1.82 bits per heavy atom. The fourth-order valence-electron chi connectivity index (χ4n) is 5.12. The Hall–Kier alpha value is -4.98. The number of Topliss-reactive ketones (excluding diaryl/α,β-unsaturated/α-hetero) is 1. The van der Waals surface area contributed by atoms with E-state index in [2.05, 4.69) is 6.58 Å². The smallest absolute Gasteiger partial charge is 0.294 e. The average molecular weight is 603 g/mol. The minimum absolute atomic E-state index is 0.263. The summed E-state index contributed by atoms with van der Waals surface area (Å²) in [6.45, 7) is 6.08. The second-order valence-electron chi connectivity index (χ2n) is 10.4. The number of benzene rings is 4. The van der Waals surface area contributed by atoms with Crippen LogP contribution in [0.3, 0.4) is 0 Å². The van der Waals surface area contributed by atoms with Gasteiger partial charge in [-0.05, 0) is 88.7 Å². The SMILES string of the molecule is C=C/C(=C\C=C(/C)C(F)(F)F)c1ccc(-c2cc3c(cc2C(C)=O)C(=O)c2cc(-c4ccc(C(F)(F)F)cc4)ccc2-3)cc1. The van der Waals surface area contributed by atoms with Crippen LogP contribution in [0, 0.1) is 0 Å². The Balaban J connectivity index is 1.52. The molecule has 4 aromatic rings. The van der Waals surface area contributed by atoms with E-state index in [0.717, 1.165) is 25.1 Å². The van der Waals surface area contributed by atoms with Crippen LogP contribution in [-0.4, -0.2) is 17.7 Å². The van der Waals surface area contributed by atoms with Crippen LogP contribution < -0.4 is 0 Å². The number of rotatable bonds is 6. The fraction of sp³-hybridized carbons (Fsp3) is 0.111. The molecule has 0 aliphatic heterocycles. The third-order valence-electron chi connectivity index (χ3n) is 7.59. The Morgan fingerprint density at radius 2 is 1.25 bits per heavy atom. The Bertz CT molecular complexity index is 1870. The van der Waals surface area contributed by atoms with Crippen molar-refractivity contribution in [2.75, 3.05) is 0 Å². The fourth-order valence-corrected chi connectivity index (χ4v) is 5.12. The van der Waals surface area contributed by atoms with Gasteiger partial charge in [0.25, 0.3) is 0 Å². The first-order valence-electron chi connectivity index (χ1n) is 13.4. The maximum absolute atomic E-state index is 13.5. The normalized spacial score (nSPS) is 13.5. The number of halogens is 6. The van der Waals surface area contributed by atoms with Gasteiger partial charge in [0.1, 0.15) is 0 Å². The van der Waals surface area contributed by atoms with Crippen LogP contribution >= 0.6 is 0 Å². The zero-order valence-electron chi connectivity index (χ0n) is 23.5. The number of carbonyl (C=O) groups is 2. The molecule has 0 aromatic heterocycles. The van der Waals surface area contributed by atoms with E-state index in [1.165, 1.54) is 31.2 Å². The lowest BCUT2D eigenvalue weighted by atomic mass is 9.91. The van der Waals surface area contributed by atoms with Gasteiger partial charge in [-0.15, -0.1) is 0 Å². The predicted molar refractivity (Wildman–Crippen MR) is 159 cm³/mol. The zero-order valence-corrected chi connectivity index (χ0v) is 23.5. The molecule has 2 nitrogen and oxygen atoms in total. The van der Waals surface area contributed by atoms with Crippen molar-refractivity contribution in [1.29, 1.82) is 0 Å². The van der Waals surface area contributed by atoms with Crippen molar-refractivity contribution in [3.8, 4) is 33.4 Å². The number of allylic oxidation sites excluding steroid dienone is 5. The highest BCUT2D eigenvalue weighted by molar-refractivity contribution is 6.23. The highest BCUT2D eigenvalue weighted by Crippen LogP contribution is 2.42. The lowest BCUT2D eigenvalue weighted by Gasteiger charge is -2.12. The third-order valence-corrected chi connectivity index (χ3v) is 7.59. The number of carbonyl (C=O) groups excluding carboxylic acids is 2. The van der Waals surface area contributed by atoms with Crippen molar-refractivity contribution >= 4 is 17.1 Å². The van der Waals surface area contributed by atoms with Crippen LogP contribution in [0.25, 0.3) is 39.0 Å². The molecular formula is C36H24F6O2. The summed E-state index contributed by atoms with van der Waals surface area (Å²) in [5, 5.41) is 0. The van der Waals surface area contributed by atoms with E-state index in [4.69, 9.17) is 0 Å². The van der Waals surface area contributed by atoms with Gasteiger partial charge < -0.3 is 0 Å². The molecule has 0 bridgehead atoms. The van der Waals surface area contributed by atoms with Gasteiger partial charge in [0.15, 0.2) is 11.6 Å². The van der Waals surface area contributed by atoms with Crippen LogP contribution in [0.2, 0.25) is 0 Å². The molecule has 8 heteroatoms. The first-order valence-corrected chi connectivity index (χ1v) is 13.4. The van der Waals surface area contributed by atoms with Crippen LogP contribution in [0.1, 0.15) is 51.3 Å². The van der Waals surface area contributed by atoms with Crippen molar-refractivity contribution in [1.82, 2.24) is 0 Å². The van der Waals surface area contributed by atoms with Crippen LogP contribution in [-0.2, 0) is 6.18 Å². The second kappa shape index (κ2) is 11.3. The molecule has 5 rings (SSSR count). The van der Waals surface area contributed by atoms with Crippen molar-refractivity contribution in [2.45, 2.75) is 26.2 Å². The Morgan fingerprint density at radius 1 is 0.659 bits per heavy atom. The van der Waals surface area contributed by atoms with E-state index in [-0.39, 0.29) is 11.6 Å². The van der Waals surface area contributed by atoms with E-state index >= 15 is 0 Å². The lowest BCUT2D eigenvalue weighted by molar-refractivity contribution is -0.137. The first-order chi connectivity index (χ1) is 20.7. The molecule has 1 aliphatic carbocycles. The summed E-state index contributed by atoms with van der Waals surface area (Å²) >= 11 is 0. The van der Waals surface area contributed by atoms with Crippen LogP contribution in [0.15, 0.2) is 109 Å². The standard InChI is InChI=1S/C36H24F6O2/c1-4-22(6-5-20(2)35(37,38)39)23-7-9-25(10-8-23)30-19-31-28-16-13-26(24-11-14-27(15-12-24)36(40,41)42)17-32(28)34(44)33(31)18-29(30)21(3)43/h4-19H,1H2,2-3H3/b20-5+,22-6+. The summed E-state index contributed by atoms with van der Waals surface area (Å²) in [7, 11) is 0. The van der Waals surface area contributed by atoms with Gasteiger partial charge in [0.2, 0.25) is 0 Å². The molecule has 0 heterocycles. The maximum atomic E-state index is 13.5. The Labute approximate surface area is 249 Å². The summed E-state index contributed by atoms with van der Waals surface area (Å²) in [6, 6.07) is 20.0. The van der Waals surface area contributed by atoms with Gasteiger partial charge in [0.05, 0.1) is 5.56 Å². The lowest BCUT2D eigenvalue weighted by Crippen LogP contribution is -2.08. The minimum atomic E-state index is -4.46. The number of hydrogen-bond donors (Lipinski definition) is 0. The van der Waals surface area contributed by atoms with Crippen LogP contribution in [0.5, 0.6) is 0 Å². The van der Waals surface area contributed by atoms with Crippen molar-refractivity contribution in [3.05, 3.63) is 137 Å². The first kappa shape index (κ1) is 30.5. The molecule has 0 radical (unpaired) electrons. The molecule has 0 spiro atoms. The van der Waals surface area contributed by atoms with E-state index in [1.807, 2.05) is 0 Å². The van der Waals surface area contributed by atoms with E-state index in [0.29, 0.717) is 61.2 Å². The van der Waals surface area contributed by atoms with Crippen molar-refractivity contribution in [2.24, 2.45) is 0 Å². The van der Waals surface area contributed by atoms with E-state index in [1.54, 1.807) is 54.6 Å². The minimum Gasteiger partial charge on any atom is -0.294 e. The van der Waals surface area contributed by atoms with Gasteiger partial charge in [0, 0.05) is 22.3 Å². The molecule has 0 fully saturated rings. The monoisotopic (exact) mass is 602 g/mol. The summed E-state index contributed by atoms with van der Waals surface area (Å²) in [6.07, 6.45) is -5.13. The predicted octanol–water partition coefficient (Wildman–Crippen LogP) is 10.5. The second-order valence-corrected chi connectivity index (χ2v) is 10.4. The van der Waals surface area contributed by atoms with Gasteiger partial charge in [-0.25, -0.2) is 0 Å². The molecule has 0 N–H and O–H groups in total. The molecule has 0 saturated carbocycles. The number of alkyl halides is 6. The summed E-state index contributed by atoms with van der Waals surface area (Å²) in [4.78, 5) is 26.1. The molecule has 0 atom stereocenters. The van der Waals surface area contributed by atoms with Gasteiger partial charge in [-0.1, -0.05) is 73.3 Å². The molecule has 0 amide bonds. The summed E-state index contributed by atoms with van der Waals surface area (Å²) < 4.78 is 77.7. The molecule has 222 valence electrons. The average Bonchev–Trinajstić information content (AvgIpc) is 3.26. The number of hydrogen-bond acceptors (Lipinski definition) is 2. The molecule has 44 heavy (non-hydrogen) atoms. The number of fused-ring (bicyclic) bond motifs is 3. The molecule has 1 aliphatic rings. The molecule has 4 aromatic carbocycles. The van der Waals surface area contributed by atoms with Gasteiger partial charge in [-0.3, -0.25) is 9.59 Å². The van der Waals surface area contributed by atoms with Crippen LogP contribution in [0.4, 0.5) is 26.3 Å². The highest BCUT2D eigenvalue weighted by Gasteiger charge is 2.32. The quantitative estimate of drug-likeness (QED) is 0.110. The topological polar surface area (TPSA) is 34.1 Å². The summed E-state index contributed by atoms with van der Waals surface area (Å²) in [5.74, 6) is -0.559. The number of ketones is 2. The highest BCUT2D eigenvalue weighted by atomic mass is 19.4. The van der Waals surface area contributed by atoms with E-state index in [9.17, 15) is 35.9 Å². The Kier molecular flexibility index (Phi) is 7.80. The molecule has 0 unspecified atom stereocenters. The van der Waals surface area contributed by atoms with Gasteiger partial charge in [-0.2, -0.15) is 26.3 Å². The van der Waals surface area contributed by atoms with Crippen molar-refractivity contribution < 1.29 is 35.9 Å². The maximum Gasteiger partial charge on any atom is 0.416 e. The molecule has 0 saturated heterocycles. The summed E-state index contributed by atoms with van der Waals surface area (Å²) in [5.41, 5.74) is 4.21. The largest absolute Gasteiger partial charge is 0.416 e. The van der Waals surface area contributed by atoms with E-state index < -0.39 is 23.5 Å². The van der Waals surface area contributed by atoms with Gasteiger partial charge >= 0.3 is 12.4 Å².